The van der Waals surface area contributed by atoms with Gasteiger partial charge in [-0.15, -0.1) is 0 Å². The largest absolute Gasteiger partial charge is 0.444 e. The number of carbonyl (C=O) groups excluding carboxylic acids is 2. The summed E-state index contributed by atoms with van der Waals surface area (Å²) in [6.07, 6.45) is 1.23. The summed E-state index contributed by atoms with van der Waals surface area (Å²) < 4.78 is 5.29. The van der Waals surface area contributed by atoms with Crippen molar-refractivity contribution in [3.05, 3.63) is 59.9 Å². The van der Waals surface area contributed by atoms with Crippen LogP contribution in [-0.4, -0.2) is 39.0 Å². The maximum absolute atomic E-state index is 13.3. The van der Waals surface area contributed by atoms with Crippen molar-refractivity contribution in [3.63, 3.8) is 0 Å². The van der Waals surface area contributed by atoms with Gasteiger partial charge in [0.1, 0.15) is 11.4 Å². The first-order chi connectivity index (χ1) is 14.3. The zero-order chi connectivity index (χ0) is 21.3. The quantitative estimate of drug-likeness (QED) is 0.648. The van der Waals surface area contributed by atoms with Crippen molar-refractivity contribution in [3.8, 4) is 0 Å². The number of ether oxygens (including phenoxy) is 1. The lowest BCUT2D eigenvalue weighted by Gasteiger charge is -2.23. The second kappa shape index (κ2) is 7.82. The lowest BCUT2D eigenvalue weighted by atomic mass is 10.1. The number of amides is 2. The number of aromatic amines is 1. The molecular formula is C23H26N4O3. The van der Waals surface area contributed by atoms with E-state index in [1.54, 1.807) is 45.0 Å². The molecule has 1 aliphatic rings. The molecule has 2 amide bonds. The maximum Gasteiger partial charge on any atom is 0.412 e. The van der Waals surface area contributed by atoms with Gasteiger partial charge in [0.05, 0.1) is 17.1 Å². The zero-order valence-corrected chi connectivity index (χ0v) is 17.4. The lowest BCUT2D eigenvalue weighted by molar-refractivity contribution is 0.0634. The third-order valence-electron chi connectivity index (χ3n) is 4.99. The topological polar surface area (TPSA) is 87.3 Å². The molecule has 1 fully saturated rings. The molecule has 0 radical (unpaired) electrons. The van der Waals surface area contributed by atoms with E-state index in [2.05, 4.69) is 15.3 Å². The van der Waals surface area contributed by atoms with Crippen LogP contribution >= 0.6 is 0 Å². The first-order valence-electron chi connectivity index (χ1n) is 10.2. The SMILES string of the molecule is CC(C)(C)OC(=O)Nc1cccc(C(=O)N2CCCC2c2nc3ccccc3[nH]2)c1. The van der Waals surface area contributed by atoms with E-state index in [1.807, 2.05) is 29.2 Å². The van der Waals surface area contributed by atoms with Crippen LogP contribution in [0.15, 0.2) is 48.5 Å². The van der Waals surface area contributed by atoms with Gasteiger partial charge in [-0.3, -0.25) is 10.1 Å². The fourth-order valence-corrected chi connectivity index (χ4v) is 3.74. The maximum atomic E-state index is 13.3. The monoisotopic (exact) mass is 406 g/mol. The molecule has 1 aliphatic heterocycles. The number of benzene rings is 2. The van der Waals surface area contributed by atoms with Gasteiger partial charge < -0.3 is 14.6 Å². The second-order valence-corrected chi connectivity index (χ2v) is 8.50. The van der Waals surface area contributed by atoms with Gasteiger partial charge in [0.2, 0.25) is 0 Å². The van der Waals surface area contributed by atoms with Gasteiger partial charge in [-0.25, -0.2) is 9.78 Å². The molecule has 0 saturated carbocycles. The minimum atomic E-state index is -0.590. The van der Waals surface area contributed by atoms with Crippen LogP contribution in [0.25, 0.3) is 11.0 Å². The number of hydrogen-bond donors (Lipinski definition) is 2. The lowest BCUT2D eigenvalue weighted by Crippen LogP contribution is -2.31. The molecule has 1 saturated heterocycles. The number of likely N-dealkylation sites (tertiary alicyclic amines) is 1. The standard InChI is InChI=1S/C23H26N4O3/c1-23(2,3)30-22(29)24-16-9-6-8-15(14-16)21(28)27-13-7-12-19(27)20-25-17-10-4-5-11-18(17)26-20/h4-6,8-11,14,19H,7,12-13H2,1-3H3,(H,24,29)(H,25,26). The minimum absolute atomic E-state index is 0.0780. The molecule has 1 aromatic heterocycles. The van der Waals surface area contributed by atoms with Crippen molar-refractivity contribution < 1.29 is 14.3 Å². The second-order valence-electron chi connectivity index (χ2n) is 8.50. The molecule has 0 spiro atoms. The molecule has 0 aliphatic carbocycles. The molecule has 1 atom stereocenters. The van der Waals surface area contributed by atoms with Crippen LogP contribution in [0.2, 0.25) is 0 Å². The van der Waals surface area contributed by atoms with E-state index in [4.69, 9.17) is 4.74 Å². The molecule has 0 bridgehead atoms. The number of para-hydroxylation sites is 2. The number of H-pyrrole nitrogens is 1. The predicted molar refractivity (Wildman–Crippen MR) is 115 cm³/mol. The first kappa shape index (κ1) is 19.9. The fraction of sp³-hybridized carbons (Fsp3) is 0.348. The molecule has 1 unspecified atom stereocenters. The molecule has 30 heavy (non-hydrogen) atoms. The molecule has 2 aromatic carbocycles. The summed E-state index contributed by atoms with van der Waals surface area (Å²) in [6.45, 7) is 6.08. The Bertz CT molecular complexity index is 1050. The summed E-state index contributed by atoms with van der Waals surface area (Å²) >= 11 is 0. The average Bonchev–Trinajstić information content (AvgIpc) is 3.32. The highest BCUT2D eigenvalue weighted by Crippen LogP contribution is 2.33. The van der Waals surface area contributed by atoms with E-state index in [-0.39, 0.29) is 11.9 Å². The number of anilines is 1. The Morgan fingerprint density at radius 1 is 1.17 bits per heavy atom. The van der Waals surface area contributed by atoms with Crippen LogP contribution in [0.3, 0.4) is 0 Å². The molecule has 3 aromatic rings. The number of carbonyl (C=O) groups is 2. The molecule has 4 rings (SSSR count). The van der Waals surface area contributed by atoms with Crippen molar-refractivity contribution in [2.75, 3.05) is 11.9 Å². The van der Waals surface area contributed by atoms with E-state index in [0.29, 0.717) is 17.8 Å². The van der Waals surface area contributed by atoms with Crippen LogP contribution in [0.4, 0.5) is 10.5 Å². The van der Waals surface area contributed by atoms with Crippen molar-refractivity contribution >= 4 is 28.7 Å². The predicted octanol–water partition coefficient (Wildman–Crippen LogP) is 4.89. The van der Waals surface area contributed by atoms with Crippen molar-refractivity contribution in [2.45, 2.75) is 45.3 Å². The minimum Gasteiger partial charge on any atom is -0.444 e. The van der Waals surface area contributed by atoms with Crippen LogP contribution in [0.1, 0.15) is 55.8 Å². The van der Waals surface area contributed by atoms with Crippen LogP contribution in [0, 0.1) is 0 Å². The van der Waals surface area contributed by atoms with Crippen molar-refractivity contribution in [2.24, 2.45) is 0 Å². The summed E-state index contributed by atoms with van der Waals surface area (Å²) in [6, 6.07) is 14.7. The van der Waals surface area contributed by atoms with Crippen LogP contribution < -0.4 is 5.32 Å². The van der Waals surface area contributed by atoms with Gasteiger partial charge in [-0.05, 0) is 63.9 Å². The summed E-state index contributed by atoms with van der Waals surface area (Å²) in [5.41, 5.74) is 2.32. The smallest absolute Gasteiger partial charge is 0.412 e. The summed E-state index contributed by atoms with van der Waals surface area (Å²) in [5.74, 6) is 0.732. The van der Waals surface area contributed by atoms with Gasteiger partial charge in [0, 0.05) is 17.8 Å². The van der Waals surface area contributed by atoms with Gasteiger partial charge in [-0.2, -0.15) is 0 Å². The van der Waals surface area contributed by atoms with E-state index >= 15 is 0 Å². The highest BCUT2D eigenvalue weighted by Gasteiger charge is 2.32. The molecule has 2 heterocycles. The van der Waals surface area contributed by atoms with Crippen LogP contribution in [0.5, 0.6) is 0 Å². The number of nitrogens with one attached hydrogen (secondary N) is 2. The number of hydrogen-bond acceptors (Lipinski definition) is 4. The van der Waals surface area contributed by atoms with E-state index in [0.717, 1.165) is 29.7 Å². The highest BCUT2D eigenvalue weighted by molar-refractivity contribution is 5.96. The van der Waals surface area contributed by atoms with Gasteiger partial charge in [0.25, 0.3) is 5.91 Å². The van der Waals surface area contributed by atoms with Gasteiger partial charge in [0.15, 0.2) is 0 Å². The summed E-state index contributed by atoms with van der Waals surface area (Å²) in [5, 5.41) is 2.69. The molecule has 7 heteroatoms. The Labute approximate surface area is 175 Å². The van der Waals surface area contributed by atoms with Gasteiger partial charge in [-0.1, -0.05) is 18.2 Å². The van der Waals surface area contributed by atoms with Crippen molar-refractivity contribution in [1.82, 2.24) is 14.9 Å². The molecule has 2 N–H and O–H groups in total. The van der Waals surface area contributed by atoms with Crippen molar-refractivity contribution in [1.29, 1.82) is 0 Å². The third-order valence-corrected chi connectivity index (χ3v) is 4.99. The Kier molecular flexibility index (Phi) is 5.20. The Balaban J connectivity index is 1.52. The third kappa shape index (κ3) is 4.30. The molecular weight excluding hydrogens is 380 g/mol. The first-order valence-corrected chi connectivity index (χ1v) is 10.2. The summed E-state index contributed by atoms with van der Waals surface area (Å²) in [4.78, 5) is 35.2. The Morgan fingerprint density at radius 2 is 1.97 bits per heavy atom. The number of rotatable bonds is 3. The number of fused-ring (bicyclic) bond motifs is 1. The van der Waals surface area contributed by atoms with Gasteiger partial charge >= 0.3 is 6.09 Å². The zero-order valence-electron chi connectivity index (χ0n) is 17.4. The Hall–Kier alpha value is -3.35. The normalized spacial score (nSPS) is 16.6. The highest BCUT2D eigenvalue weighted by atomic mass is 16.6. The number of imidazole rings is 1. The van der Waals surface area contributed by atoms with E-state index in [9.17, 15) is 9.59 Å². The van der Waals surface area contributed by atoms with E-state index < -0.39 is 11.7 Å². The van der Waals surface area contributed by atoms with E-state index in [1.165, 1.54) is 0 Å². The fourth-order valence-electron chi connectivity index (χ4n) is 3.74. The number of aromatic nitrogens is 2. The Morgan fingerprint density at radius 3 is 2.73 bits per heavy atom. The molecule has 156 valence electrons. The molecule has 7 nitrogen and oxygen atoms in total. The average molecular weight is 406 g/mol. The van der Waals surface area contributed by atoms with Crippen LogP contribution in [-0.2, 0) is 4.74 Å². The number of nitrogens with zero attached hydrogens (tertiary/aromatic N) is 2. The summed E-state index contributed by atoms with van der Waals surface area (Å²) in [7, 11) is 0.